The molecule has 0 spiro atoms. The summed E-state index contributed by atoms with van der Waals surface area (Å²) in [6, 6.07) is 16.5. The molecule has 168 valence electrons. The van der Waals surface area contributed by atoms with E-state index in [1.54, 1.807) is 0 Å². The molecule has 3 heterocycles. The van der Waals surface area contributed by atoms with Gasteiger partial charge in [0, 0.05) is 5.56 Å². The molecule has 0 amide bonds. The van der Waals surface area contributed by atoms with E-state index in [9.17, 15) is 5.26 Å². The average Bonchev–Trinajstić information content (AvgIpc) is 3.20. The van der Waals surface area contributed by atoms with Crippen molar-refractivity contribution in [3.63, 3.8) is 0 Å². The number of imidazole rings is 1. The van der Waals surface area contributed by atoms with E-state index in [-0.39, 0.29) is 0 Å². The number of pyridine rings is 1. The molecule has 2 aromatic carbocycles. The number of nitrogens with zero attached hydrogens (tertiary/aromatic N) is 4. The van der Waals surface area contributed by atoms with E-state index in [4.69, 9.17) is 28.2 Å². The first-order chi connectivity index (χ1) is 16.0. The number of quaternary nitrogens is 1. The zero-order chi connectivity index (χ0) is 23.1. The third-order valence-electron chi connectivity index (χ3n) is 6.77. The minimum atomic E-state index is 0.597. The van der Waals surface area contributed by atoms with Crippen LogP contribution in [0.5, 0.6) is 0 Å². The largest absolute Gasteiger partial charge is 0.346 e. The number of aromatic nitrogens is 2. The van der Waals surface area contributed by atoms with E-state index in [0.29, 0.717) is 15.6 Å². The molecule has 5 nitrogen and oxygen atoms in total. The first kappa shape index (κ1) is 22.0. The lowest BCUT2D eigenvalue weighted by Gasteiger charge is -2.35. The quantitative estimate of drug-likeness (QED) is 0.471. The number of anilines is 1. The molecule has 1 aliphatic heterocycles. The zero-order valence-electron chi connectivity index (χ0n) is 18.8. The number of hydrogen-bond donors (Lipinski definition) is 1. The summed E-state index contributed by atoms with van der Waals surface area (Å²) in [5.74, 6) is 1.19. The van der Waals surface area contributed by atoms with Crippen LogP contribution in [0.2, 0.25) is 10.0 Å². The first-order valence-corrected chi connectivity index (χ1v) is 12.1. The first-order valence-electron chi connectivity index (χ1n) is 11.4. The molecule has 2 aromatic heterocycles. The van der Waals surface area contributed by atoms with Gasteiger partial charge < -0.3 is 9.80 Å². The molecular formula is C26H26Cl2N5+. The van der Waals surface area contributed by atoms with Gasteiger partial charge in [-0.15, -0.1) is 0 Å². The monoisotopic (exact) mass is 478 g/mol. The number of piperazine rings is 1. The molecule has 7 heteroatoms. The van der Waals surface area contributed by atoms with Crippen molar-refractivity contribution >= 4 is 45.7 Å². The van der Waals surface area contributed by atoms with Gasteiger partial charge >= 0.3 is 0 Å². The Labute approximate surface area is 203 Å². The normalized spacial score (nSPS) is 14.8. The van der Waals surface area contributed by atoms with Gasteiger partial charge in [-0.05, 0) is 48.7 Å². The summed E-state index contributed by atoms with van der Waals surface area (Å²) >= 11 is 12.3. The van der Waals surface area contributed by atoms with E-state index in [1.165, 1.54) is 21.8 Å². The highest BCUT2D eigenvalue weighted by Gasteiger charge is 2.27. The highest BCUT2D eigenvalue weighted by molar-refractivity contribution is 6.42. The van der Waals surface area contributed by atoms with Gasteiger partial charge in [-0.2, -0.15) is 5.26 Å². The Morgan fingerprint density at radius 3 is 2.55 bits per heavy atom. The van der Waals surface area contributed by atoms with E-state index < -0.39 is 0 Å². The van der Waals surface area contributed by atoms with E-state index >= 15 is 0 Å². The Balaban J connectivity index is 1.51. The fraction of sp³-hybridized carbons (Fsp3) is 0.308. The summed E-state index contributed by atoms with van der Waals surface area (Å²) in [6.45, 7) is 9.09. The van der Waals surface area contributed by atoms with Gasteiger partial charge in [-0.25, -0.2) is 4.98 Å². The Hall–Kier alpha value is -2.78. The fourth-order valence-corrected chi connectivity index (χ4v) is 5.39. The highest BCUT2D eigenvalue weighted by atomic mass is 35.5. The molecule has 0 bridgehead atoms. The maximum atomic E-state index is 9.94. The second-order valence-corrected chi connectivity index (χ2v) is 9.50. The van der Waals surface area contributed by atoms with Gasteiger partial charge in [0.1, 0.15) is 18.4 Å². The molecule has 0 unspecified atom stereocenters. The maximum Gasteiger partial charge on any atom is 0.157 e. The molecule has 4 aromatic rings. The predicted octanol–water partition coefficient (Wildman–Crippen LogP) is 4.44. The molecule has 33 heavy (non-hydrogen) atoms. The van der Waals surface area contributed by atoms with Gasteiger partial charge in [-0.1, -0.05) is 48.3 Å². The molecule has 0 saturated carbocycles. The second kappa shape index (κ2) is 8.87. The van der Waals surface area contributed by atoms with Crippen LogP contribution >= 0.6 is 23.2 Å². The standard InChI is InChI=1S/C26H25Cl2N5/c1-3-19-17(2)20(15-29)25-30-23-6-4-5-7-24(23)33(25)26(19)32-12-10-31(11-13-32)16-18-8-9-21(27)22(28)14-18/h4-9,14H,3,10-13,16H2,1-2H3/p+1. The van der Waals surface area contributed by atoms with E-state index in [2.05, 4.69) is 41.4 Å². The van der Waals surface area contributed by atoms with Gasteiger partial charge in [0.25, 0.3) is 0 Å². The number of halogens is 2. The van der Waals surface area contributed by atoms with Crippen LogP contribution in [-0.2, 0) is 13.0 Å². The van der Waals surface area contributed by atoms with Gasteiger partial charge in [0.15, 0.2) is 5.65 Å². The lowest BCUT2D eigenvalue weighted by Crippen LogP contribution is -3.13. The summed E-state index contributed by atoms with van der Waals surface area (Å²) in [4.78, 5) is 8.86. The third-order valence-corrected chi connectivity index (χ3v) is 7.51. The molecule has 0 atom stereocenters. The summed E-state index contributed by atoms with van der Waals surface area (Å²) in [6.07, 6.45) is 0.870. The molecule has 1 saturated heterocycles. The molecule has 0 radical (unpaired) electrons. The zero-order valence-corrected chi connectivity index (χ0v) is 20.3. The summed E-state index contributed by atoms with van der Waals surface area (Å²) in [5, 5.41) is 11.1. The van der Waals surface area contributed by atoms with Crippen molar-refractivity contribution in [2.75, 3.05) is 31.1 Å². The SMILES string of the molecule is CCc1c(C)c(C#N)c2nc3ccccc3n2c1N1CC[NH+](Cc2ccc(Cl)c(Cl)c2)CC1. The third kappa shape index (κ3) is 3.83. The van der Waals surface area contributed by atoms with Crippen molar-refractivity contribution in [2.45, 2.75) is 26.8 Å². The highest BCUT2D eigenvalue weighted by Crippen LogP contribution is 2.33. The topological polar surface area (TPSA) is 48.8 Å². The molecule has 1 aliphatic rings. The lowest BCUT2D eigenvalue weighted by molar-refractivity contribution is -0.914. The maximum absolute atomic E-state index is 9.94. The second-order valence-electron chi connectivity index (χ2n) is 8.69. The predicted molar refractivity (Wildman–Crippen MR) is 135 cm³/mol. The summed E-state index contributed by atoms with van der Waals surface area (Å²) in [7, 11) is 0. The smallest absolute Gasteiger partial charge is 0.157 e. The van der Waals surface area contributed by atoms with Crippen LogP contribution in [0.1, 0.15) is 29.2 Å². The number of benzene rings is 2. The Morgan fingerprint density at radius 1 is 1.09 bits per heavy atom. The fourth-order valence-electron chi connectivity index (χ4n) is 5.07. The van der Waals surface area contributed by atoms with Crippen LogP contribution in [0, 0.1) is 18.3 Å². The van der Waals surface area contributed by atoms with Gasteiger partial charge in [0.2, 0.25) is 0 Å². The molecule has 1 N–H and O–H groups in total. The number of nitriles is 1. The Bertz CT molecular complexity index is 1390. The molecular weight excluding hydrogens is 453 g/mol. The van der Waals surface area contributed by atoms with Crippen LogP contribution in [0.15, 0.2) is 42.5 Å². The minimum Gasteiger partial charge on any atom is -0.346 e. The van der Waals surface area contributed by atoms with Gasteiger partial charge in [0.05, 0.1) is 52.8 Å². The lowest BCUT2D eigenvalue weighted by atomic mass is 10.0. The number of fused-ring (bicyclic) bond motifs is 3. The van der Waals surface area contributed by atoms with Crippen LogP contribution < -0.4 is 9.80 Å². The number of para-hydroxylation sites is 2. The number of hydrogen-bond acceptors (Lipinski definition) is 3. The molecule has 0 aliphatic carbocycles. The average molecular weight is 479 g/mol. The number of nitrogens with one attached hydrogen (secondary N) is 1. The Morgan fingerprint density at radius 2 is 1.85 bits per heavy atom. The van der Waals surface area contributed by atoms with Crippen molar-refractivity contribution < 1.29 is 4.90 Å². The van der Waals surface area contributed by atoms with Gasteiger partial charge in [-0.3, -0.25) is 4.40 Å². The minimum absolute atomic E-state index is 0.597. The van der Waals surface area contributed by atoms with Crippen molar-refractivity contribution in [3.8, 4) is 6.07 Å². The van der Waals surface area contributed by atoms with Crippen LogP contribution in [0.25, 0.3) is 16.7 Å². The van der Waals surface area contributed by atoms with Crippen molar-refractivity contribution in [1.29, 1.82) is 5.26 Å². The molecule has 5 rings (SSSR count). The summed E-state index contributed by atoms with van der Waals surface area (Å²) in [5.41, 5.74) is 6.90. The van der Waals surface area contributed by atoms with E-state index in [0.717, 1.165) is 61.4 Å². The van der Waals surface area contributed by atoms with Crippen molar-refractivity contribution in [3.05, 3.63) is 74.8 Å². The number of rotatable bonds is 4. The van der Waals surface area contributed by atoms with Crippen LogP contribution in [-0.4, -0.2) is 35.6 Å². The molecule has 1 fully saturated rings. The van der Waals surface area contributed by atoms with Crippen LogP contribution in [0.3, 0.4) is 0 Å². The van der Waals surface area contributed by atoms with Crippen molar-refractivity contribution in [1.82, 2.24) is 9.38 Å². The van der Waals surface area contributed by atoms with E-state index in [1.807, 2.05) is 30.3 Å². The van der Waals surface area contributed by atoms with Crippen molar-refractivity contribution in [2.24, 2.45) is 0 Å². The van der Waals surface area contributed by atoms with Crippen LogP contribution in [0.4, 0.5) is 5.82 Å². The summed E-state index contributed by atoms with van der Waals surface area (Å²) < 4.78 is 2.21. The Kier molecular flexibility index (Phi) is 5.92.